The smallest absolute Gasteiger partial charge is 0.227 e. The van der Waals surface area contributed by atoms with E-state index in [-0.39, 0.29) is 24.4 Å². The van der Waals surface area contributed by atoms with Gasteiger partial charge in [0.25, 0.3) is 0 Å². The lowest BCUT2D eigenvalue weighted by Gasteiger charge is -2.35. The summed E-state index contributed by atoms with van der Waals surface area (Å²) in [5.41, 5.74) is 6.40. The van der Waals surface area contributed by atoms with Gasteiger partial charge in [0.05, 0.1) is 11.5 Å². The van der Waals surface area contributed by atoms with Crippen LogP contribution in [-0.4, -0.2) is 39.3 Å². The van der Waals surface area contributed by atoms with Gasteiger partial charge >= 0.3 is 0 Å². The molecule has 1 amide bonds. The number of nitrogens with one attached hydrogen (secondary N) is 1. The van der Waals surface area contributed by atoms with E-state index in [0.29, 0.717) is 39.1 Å². The van der Waals surface area contributed by atoms with Crippen LogP contribution in [0.25, 0.3) is 0 Å². The van der Waals surface area contributed by atoms with Crippen molar-refractivity contribution in [2.75, 3.05) is 33.4 Å². The molecule has 0 saturated carbocycles. The van der Waals surface area contributed by atoms with E-state index in [9.17, 15) is 4.79 Å². The van der Waals surface area contributed by atoms with Crippen LogP contribution in [0.5, 0.6) is 0 Å². The van der Waals surface area contributed by atoms with Gasteiger partial charge in [-0.05, 0) is 18.4 Å². The Balaban J connectivity index is 0.00000242. The molecule has 6 heteroatoms. The molecule has 5 nitrogen and oxygen atoms in total. The number of rotatable bonds is 6. The molecule has 0 spiro atoms. The first-order chi connectivity index (χ1) is 10.2. The molecule has 1 aromatic rings. The summed E-state index contributed by atoms with van der Waals surface area (Å²) in [6.45, 7) is 1.99. The lowest BCUT2D eigenvalue weighted by atomic mass is 9.79. The predicted octanol–water partition coefficient (Wildman–Crippen LogP) is 1.67. The largest absolute Gasteiger partial charge is 0.381 e. The first kappa shape index (κ1) is 18.9. The van der Waals surface area contributed by atoms with E-state index in [1.54, 1.807) is 7.11 Å². The van der Waals surface area contributed by atoms with Crippen LogP contribution >= 0.6 is 12.4 Å². The molecule has 1 aliphatic heterocycles. The fourth-order valence-electron chi connectivity index (χ4n) is 2.66. The highest BCUT2D eigenvalue weighted by atomic mass is 35.5. The first-order valence-electron chi connectivity index (χ1n) is 7.36. The lowest BCUT2D eigenvalue weighted by Crippen LogP contribution is -2.50. The molecule has 1 fully saturated rings. The van der Waals surface area contributed by atoms with Gasteiger partial charge in [-0.15, -0.1) is 12.4 Å². The van der Waals surface area contributed by atoms with Gasteiger partial charge in [-0.25, -0.2) is 0 Å². The Bertz CT molecular complexity index is 450. The highest BCUT2D eigenvalue weighted by molar-refractivity contribution is 5.85. The number of halogens is 1. The molecule has 1 aliphatic rings. The predicted molar refractivity (Wildman–Crippen MR) is 88.0 cm³/mol. The Labute approximate surface area is 138 Å². The maximum Gasteiger partial charge on any atom is 0.227 e. The van der Waals surface area contributed by atoms with Crippen LogP contribution in [-0.2, 0) is 14.3 Å². The Morgan fingerprint density at radius 2 is 2.00 bits per heavy atom. The minimum Gasteiger partial charge on any atom is -0.381 e. The van der Waals surface area contributed by atoms with Gasteiger partial charge in [-0.3, -0.25) is 4.79 Å². The topological polar surface area (TPSA) is 73.6 Å². The second kappa shape index (κ2) is 9.10. The number of methoxy groups -OCH3 is 1. The number of benzene rings is 1. The second-order valence-electron chi connectivity index (χ2n) is 5.44. The molecule has 124 valence electrons. The fourth-order valence-corrected chi connectivity index (χ4v) is 2.66. The van der Waals surface area contributed by atoms with E-state index in [4.69, 9.17) is 15.2 Å². The zero-order valence-corrected chi connectivity index (χ0v) is 13.7. The fraction of sp³-hybridized carbons (Fsp3) is 0.562. The Hall–Kier alpha value is -1.14. The average molecular weight is 329 g/mol. The third-order valence-corrected chi connectivity index (χ3v) is 4.23. The zero-order valence-electron chi connectivity index (χ0n) is 12.9. The molecule has 0 radical (unpaired) electrons. The maximum atomic E-state index is 12.5. The maximum absolute atomic E-state index is 12.5. The van der Waals surface area contributed by atoms with Crippen molar-refractivity contribution in [3.05, 3.63) is 35.9 Å². The van der Waals surface area contributed by atoms with Gasteiger partial charge in [-0.2, -0.15) is 0 Å². The molecule has 1 heterocycles. The average Bonchev–Trinajstić information content (AvgIpc) is 2.56. The molecule has 0 bridgehead atoms. The van der Waals surface area contributed by atoms with Crippen molar-refractivity contribution < 1.29 is 14.3 Å². The monoisotopic (exact) mass is 328 g/mol. The number of hydrogen-bond donors (Lipinski definition) is 2. The van der Waals surface area contributed by atoms with Crippen LogP contribution in [0.1, 0.15) is 24.5 Å². The summed E-state index contributed by atoms with van der Waals surface area (Å²) in [4.78, 5) is 12.5. The number of hydrogen-bond acceptors (Lipinski definition) is 4. The third-order valence-electron chi connectivity index (χ3n) is 4.23. The Morgan fingerprint density at radius 3 is 2.55 bits per heavy atom. The number of amides is 1. The van der Waals surface area contributed by atoms with Crippen molar-refractivity contribution in [1.29, 1.82) is 0 Å². The minimum atomic E-state index is -0.493. The van der Waals surface area contributed by atoms with Gasteiger partial charge in [-0.1, -0.05) is 30.3 Å². The SMILES string of the molecule is COC(CNC(=O)C1(CN)CCOCC1)c1ccccc1.Cl. The van der Waals surface area contributed by atoms with Crippen molar-refractivity contribution in [1.82, 2.24) is 5.32 Å². The minimum absolute atomic E-state index is 0. The first-order valence-corrected chi connectivity index (χ1v) is 7.36. The van der Waals surface area contributed by atoms with Crippen molar-refractivity contribution in [3.8, 4) is 0 Å². The summed E-state index contributed by atoms with van der Waals surface area (Å²) >= 11 is 0. The lowest BCUT2D eigenvalue weighted by molar-refractivity contribution is -0.136. The normalized spacial score (nSPS) is 18.1. The number of carbonyl (C=O) groups is 1. The summed E-state index contributed by atoms with van der Waals surface area (Å²) in [6.07, 6.45) is 1.21. The molecular weight excluding hydrogens is 304 g/mol. The second-order valence-corrected chi connectivity index (χ2v) is 5.44. The molecular formula is C16H25ClN2O3. The van der Waals surface area contributed by atoms with E-state index in [0.717, 1.165) is 5.56 Å². The van der Waals surface area contributed by atoms with Gasteiger partial charge in [0.2, 0.25) is 5.91 Å². The van der Waals surface area contributed by atoms with Crippen molar-refractivity contribution in [3.63, 3.8) is 0 Å². The molecule has 1 unspecified atom stereocenters. The summed E-state index contributed by atoms with van der Waals surface area (Å²) in [5.74, 6) is 0.00582. The summed E-state index contributed by atoms with van der Waals surface area (Å²) in [6, 6.07) is 9.87. The molecule has 1 atom stereocenters. The molecule has 3 N–H and O–H groups in total. The van der Waals surface area contributed by atoms with E-state index in [2.05, 4.69) is 5.32 Å². The quantitative estimate of drug-likeness (QED) is 0.833. The molecule has 1 saturated heterocycles. The van der Waals surface area contributed by atoms with Crippen molar-refractivity contribution in [2.45, 2.75) is 18.9 Å². The van der Waals surface area contributed by atoms with E-state index >= 15 is 0 Å². The van der Waals surface area contributed by atoms with Crippen LogP contribution in [0, 0.1) is 5.41 Å². The zero-order chi connectivity index (χ0) is 15.1. The molecule has 0 aromatic heterocycles. The van der Waals surface area contributed by atoms with Crippen LogP contribution in [0.2, 0.25) is 0 Å². The molecule has 2 rings (SSSR count). The summed E-state index contributed by atoms with van der Waals surface area (Å²) < 4.78 is 10.8. The van der Waals surface area contributed by atoms with Gasteiger partial charge in [0.1, 0.15) is 0 Å². The summed E-state index contributed by atoms with van der Waals surface area (Å²) in [7, 11) is 1.65. The van der Waals surface area contributed by atoms with Crippen LogP contribution in [0.15, 0.2) is 30.3 Å². The van der Waals surface area contributed by atoms with Crippen molar-refractivity contribution in [2.24, 2.45) is 11.1 Å². The van der Waals surface area contributed by atoms with Crippen LogP contribution in [0.3, 0.4) is 0 Å². The number of carbonyl (C=O) groups excluding carboxylic acids is 1. The van der Waals surface area contributed by atoms with Gasteiger partial charge < -0.3 is 20.5 Å². The molecule has 0 aliphatic carbocycles. The summed E-state index contributed by atoms with van der Waals surface area (Å²) in [5, 5.41) is 2.99. The van der Waals surface area contributed by atoms with Gasteiger partial charge in [0.15, 0.2) is 0 Å². The van der Waals surface area contributed by atoms with Crippen LogP contribution in [0.4, 0.5) is 0 Å². The number of ether oxygens (including phenoxy) is 2. The Morgan fingerprint density at radius 1 is 1.36 bits per heavy atom. The Kier molecular flexibility index (Phi) is 7.82. The van der Waals surface area contributed by atoms with Gasteiger partial charge in [0, 0.05) is 33.4 Å². The molecule has 22 heavy (non-hydrogen) atoms. The highest BCUT2D eigenvalue weighted by Crippen LogP contribution is 2.29. The van der Waals surface area contributed by atoms with Crippen LogP contribution < -0.4 is 11.1 Å². The van der Waals surface area contributed by atoms with Crippen molar-refractivity contribution >= 4 is 18.3 Å². The molecule has 1 aromatic carbocycles. The van der Waals surface area contributed by atoms with E-state index in [1.165, 1.54) is 0 Å². The van der Waals surface area contributed by atoms with E-state index < -0.39 is 5.41 Å². The van der Waals surface area contributed by atoms with E-state index in [1.807, 2.05) is 30.3 Å². The number of nitrogens with two attached hydrogens (primary N) is 1. The standard InChI is InChI=1S/C16H24N2O3.ClH/c1-20-14(13-5-3-2-4-6-13)11-18-15(19)16(12-17)7-9-21-10-8-16;/h2-6,14H,7-12,17H2,1H3,(H,18,19);1H. The highest BCUT2D eigenvalue weighted by Gasteiger charge is 2.38. The third kappa shape index (κ3) is 4.43.